The fourth-order valence-electron chi connectivity index (χ4n) is 3.25. The Morgan fingerprint density at radius 3 is 2.52 bits per heavy atom. The van der Waals surface area contributed by atoms with Gasteiger partial charge in [-0.25, -0.2) is 0 Å². The number of morpholine rings is 1. The number of hydrogen-bond donors (Lipinski definition) is 0. The number of benzene rings is 1. The SMILES string of the molecule is CCC1CN(C(=O)Cc2nn(C)c3ccccc23)CC(CC)O1. The number of carbonyl (C=O) groups is 1. The van der Waals surface area contributed by atoms with E-state index in [9.17, 15) is 4.79 Å². The minimum absolute atomic E-state index is 0.147. The van der Waals surface area contributed by atoms with E-state index >= 15 is 0 Å². The molecule has 0 aliphatic carbocycles. The van der Waals surface area contributed by atoms with Crippen molar-refractivity contribution in [2.24, 2.45) is 7.05 Å². The minimum atomic E-state index is 0.147. The van der Waals surface area contributed by atoms with Crippen LogP contribution < -0.4 is 0 Å². The largest absolute Gasteiger partial charge is 0.371 e. The summed E-state index contributed by atoms with van der Waals surface area (Å²) in [5.74, 6) is 0.147. The normalized spacial score (nSPS) is 21.8. The zero-order valence-electron chi connectivity index (χ0n) is 14.2. The predicted molar refractivity (Wildman–Crippen MR) is 90.2 cm³/mol. The summed E-state index contributed by atoms with van der Waals surface area (Å²) in [6.45, 7) is 5.60. The summed E-state index contributed by atoms with van der Waals surface area (Å²) in [5, 5.41) is 5.61. The van der Waals surface area contributed by atoms with Gasteiger partial charge < -0.3 is 9.64 Å². The molecular weight excluding hydrogens is 290 g/mol. The van der Waals surface area contributed by atoms with Crippen LogP contribution in [0.3, 0.4) is 0 Å². The molecule has 1 aromatic carbocycles. The Balaban J connectivity index is 1.77. The first-order valence-corrected chi connectivity index (χ1v) is 8.46. The quantitative estimate of drug-likeness (QED) is 0.871. The molecule has 1 aliphatic heterocycles. The van der Waals surface area contributed by atoms with Crippen molar-refractivity contribution < 1.29 is 9.53 Å². The van der Waals surface area contributed by atoms with Crippen LogP contribution in [0.2, 0.25) is 0 Å². The van der Waals surface area contributed by atoms with E-state index in [4.69, 9.17) is 4.74 Å². The van der Waals surface area contributed by atoms with Gasteiger partial charge in [0.2, 0.25) is 5.91 Å². The molecule has 1 aromatic heterocycles. The fraction of sp³-hybridized carbons (Fsp3) is 0.556. The average Bonchev–Trinajstić information content (AvgIpc) is 2.90. The third kappa shape index (κ3) is 3.24. The monoisotopic (exact) mass is 315 g/mol. The number of aryl methyl sites for hydroxylation is 1. The van der Waals surface area contributed by atoms with Gasteiger partial charge in [-0.3, -0.25) is 9.48 Å². The third-order valence-corrected chi connectivity index (χ3v) is 4.65. The number of para-hydroxylation sites is 1. The van der Waals surface area contributed by atoms with Gasteiger partial charge in [0.25, 0.3) is 0 Å². The Bertz CT molecular complexity index is 683. The molecule has 2 aromatic rings. The van der Waals surface area contributed by atoms with Crippen molar-refractivity contribution in [3.8, 4) is 0 Å². The lowest BCUT2D eigenvalue weighted by Gasteiger charge is -2.37. The number of rotatable bonds is 4. The molecule has 0 radical (unpaired) electrons. The Morgan fingerprint density at radius 2 is 1.87 bits per heavy atom. The zero-order chi connectivity index (χ0) is 16.4. The maximum atomic E-state index is 12.8. The lowest BCUT2D eigenvalue weighted by Crippen LogP contribution is -2.50. The molecule has 2 atom stereocenters. The van der Waals surface area contributed by atoms with Crippen LogP contribution in [0.1, 0.15) is 32.4 Å². The zero-order valence-corrected chi connectivity index (χ0v) is 14.2. The number of fused-ring (bicyclic) bond motifs is 1. The van der Waals surface area contributed by atoms with E-state index < -0.39 is 0 Å². The van der Waals surface area contributed by atoms with Crippen molar-refractivity contribution in [2.75, 3.05) is 13.1 Å². The molecule has 0 spiro atoms. The molecule has 124 valence electrons. The van der Waals surface area contributed by atoms with Gasteiger partial charge in [0, 0.05) is 25.5 Å². The van der Waals surface area contributed by atoms with Crippen LogP contribution in [-0.2, 0) is 23.0 Å². The second kappa shape index (κ2) is 6.71. The lowest BCUT2D eigenvalue weighted by atomic mass is 10.1. The maximum Gasteiger partial charge on any atom is 0.228 e. The molecule has 1 fully saturated rings. The number of carbonyl (C=O) groups excluding carboxylic acids is 1. The van der Waals surface area contributed by atoms with E-state index in [-0.39, 0.29) is 18.1 Å². The first-order chi connectivity index (χ1) is 11.1. The van der Waals surface area contributed by atoms with Crippen LogP contribution >= 0.6 is 0 Å². The van der Waals surface area contributed by atoms with Gasteiger partial charge in [-0.2, -0.15) is 5.10 Å². The highest BCUT2D eigenvalue weighted by molar-refractivity contribution is 5.87. The van der Waals surface area contributed by atoms with Gasteiger partial charge >= 0.3 is 0 Å². The van der Waals surface area contributed by atoms with Crippen LogP contribution in [-0.4, -0.2) is 45.9 Å². The van der Waals surface area contributed by atoms with Crippen molar-refractivity contribution in [1.29, 1.82) is 0 Å². The van der Waals surface area contributed by atoms with Crippen LogP contribution in [0, 0.1) is 0 Å². The smallest absolute Gasteiger partial charge is 0.228 e. The van der Waals surface area contributed by atoms with E-state index in [1.807, 2.05) is 40.9 Å². The molecule has 2 heterocycles. The van der Waals surface area contributed by atoms with Crippen molar-refractivity contribution in [3.63, 3.8) is 0 Å². The Labute approximate surface area is 137 Å². The molecule has 1 saturated heterocycles. The maximum absolute atomic E-state index is 12.8. The van der Waals surface area contributed by atoms with E-state index in [1.54, 1.807) is 0 Å². The Morgan fingerprint density at radius 1 is 1.22 bits per heavy atom. The molecule has 5 heteroatoms. The van der Waals surface area contributed by atoms with Crippen LogP contribution in [0.4, 0.5) is 0 Å². The van der Waals surface area contributed by atoms with Gasteiger partial charge in [0.05, 0.1) is 29.8 Å². The number of amides is 1. The van der Waals surface area contributed by atoms with Gasteiger partial charge in [-0.15, -0.1) is 0 Å². The van der Waals surface area contributed by atoms with Crippen molar-refractivity contribution in [3.05, 3.63) is 30.0 Å². The highest BCUT2D eigenvalue weighted by Crippen LogP contribution is 2.20. The topological polar surface area (TPSA) is 47.4 Å². The minimum Gasteiger partial charge on any atom is -0.371 e. The van der Waals surface area contributed by atoms with E-state index in [0.29, 0.717) is 19.5 Å². The van der Waals surface area contributed by atoms with Crippen molar-refractivity contribution in [1.82, 2.24) is 14.7 Å². The van der Waals surface area contributed by atoms with Crippen LogP contribution in [0.15, 0.2) is 24.3 Å². The van der Waals surface area contributed by atoms with Crippen molar-refractivity contribution in [2.45, 2.75) is 45.3 Å². The first-order valence-electron chi connectivity index (χ1n) is 8.46. The van der Waals surface area contributed by atoms with E-state index in [1.165, 1.54) is 0 Å². The highest BCUT2D eigenvalue weighted by atomic mass is 16.5. The standard InChI is InChI=1S/C18H25N3O2/c1-4-13-11-21(12-14(5-2)23-13)18(22)10-16-15-8-6-7-9-17(15)20(3)19-16/h6-9,13-14H,4-5,10-12H2,1-3H3. The molecule has 0 bridgehead atoms. The molecule has 0 N–H and O–H groups in total. The molecule has 1 aliphatic rings. The summed E-state index contributed by atoms with van der Waals surface area (Å²) >= 11 is 0. The van der Waals surface area contributed by atoms with Gasteiger partial charge in [0.15, 0.2) is 0 Å². The molecule has 3 rings (SSSR count). The van der Waals surface area contributed by atoms with E-state index in [2.05, 4.69) is 18.9 Å². The summed E-state index contributed by atoms with van der Waals surface area (Å²) in [6, 6.07) is 8.06. The number of aromatic nitrogens is 2. The predicted octanol–water partition coefficient (Wildman–Crippen LogP) is 2.53. The lowest BCUT2D eigenvalue weighted by molar-refractivity contribution is -0.145. The van der Waals surface area contributed by atoms with Crippen LogP contribution in [0.25, 0.3) is 10.9 Å². The molecular formula is C18H25N3O2. The number of ether oxygens (including phenoxy) is 1. The number of hydrogen-bond acceptors (Lipinski definition) is 3. The molecule has 1 amide bonds. The summed E-state index contributed by atoms with van der Waals surface area (Å²) in [6.07, 6.45) is 2.53. The molecule has 5 nitrogen and oxygen atoms in total. The fourth-order valence-corrected chi connectivity index (χ4v) is 3.25. The Kier molecular flexibility index (Phi) is 4.66. The van der Waals surface area contributed by atoms with Crippen molar-refractivity contribution >= 4 is 16.8 Å². The molecule has 0 saturated carbocycles. The highest BCUT2D eigenvalue weighted by Gasteiger charge is 2.29. The van der Waals surface area contributed by atoms with E-state index in [0.717, 1.165) is 29.4 Å². The third-order valence-electron chi connectivity index (χ3n) is 4.65. The summed E-state index contributed by atoms with van der Waals surface area (Å²) < 4.78 is 7.82. The second-order valence-corrected chi connectivity index (χ2v) is 6.26. The van der Waals surface area contributed by atoms with Gasteiger partial charge in [0.1, 0.15) is 0 Å². The number of nitrogens with zero attached hydrogens (tertiary/aromatic N) is 3. The summed E-state index contributed by atoms with van der Waals surface area (Å²) in [4.78, 5) is 14.7. The van der Waals surface area contributed by atoms with Gasteiger partial charge in [-0.1, -0.05) is 32.0 Å². The van der Waals surface area contributed by atoms with Gasteiger partial charge in [-0.05, 0) is 18.9 Å². The average molecular weight is 315 g/mol. The molecule has 2 unspecified atom stereocenters. The second-order valence-electron chi connectivity index (χ2n) is 6.26. The summed E-state index contributed by atoms with van der Waals surface area (Å²) in [7, 11) is 1.92. The molecule has 23 heavy (non-hydrogen) atoms. The Hall–Kier alpha value is -1.88. The van der Waals surface area contributed by atoms with Crippen LogP contribution in [0.5, 0.6) is 0 Å². The summed E-state index contributed by atoms with van der Waals surface area (Å²) in [5.41, 5.74) is 1.93. The first kappa shape index (κ1) is 16.0.